The normalized spacial score (nSPS) is 10.8. The number of guanidine groups is 1. The van der Waals surface area contributed by atoms with Crippen molar-refractivity contribution in [1.29, 1.82) is 0 Å². The molecule has 0 radical (unpaired) electrons. The summed E-state index contributed by atoms with van der Waals surface area (Å²) in [5.41, 5.74) is 2.06. The molecule has 0 unspecified atom stereocenters. The Labute approximate surface area is 176 Å². The second-order valence-electron chi connectivity index (χ2n) is 5.47. The van der Waals surface area contributed by atoms with Crippen LogP contribution in [0.4, 0.5) is 0 Å². The monoisotopic (exact) mass is 489 g/mol. The number of benzene rings is 2. The van der Waals surface area contributed by atoms with Crippen LogP contribution < -0.4 is 15.4 Å². The van der Waals surface area contributed by atoms with Gasteiger partial charge in [0.2, 0.25) is 0 Å². The lowest BCUT2D eigenvalue weighted by Gasteiger charge is -2.12. The molecule has 3 N–H and O–H groups in total. The molecule has 0 aliphatic heterocycles. The molecule has 142 valence electrons. The van der Waals surface area contributed by atoms with Gasteiger partial charge in [-0.2, -0.15) is 0 Å². The molecule has 5 nitrogen and oxygen atoms in total. The summed E-state index contributed by atoms with van der Waals surface area (Å²) < 4.78 is 5.13. The first-order chi connectivity index (χ1) is 12.1. The van der Waals surface area contributed by atoms with E-state index < -0.39 is 0 Å². The van der Waals surface area contributed by atoms with Crippen LogP contribution in [0.5, 0.6) is 11.5 Å². The number of halogens is 2. The third-order valence-electron chi connectivity index (χ3n) is 3.66. The molecule has 0 fully saturated rings. The highest BCUT2D eigenvalue weighted by atomic mass is 127. The van der Waals surface area contributed by atoms with E-state index in [2.05, 4.69) is 15.6 Å². The first-order valence-electron chi connectivity index (χ1n) is 8.25. The second kappa shape index (κ2) is 11.9. The summed E-state index contributed by atoms with van der Waals surface area (Å²) in [5, 5.41) is 16.9. The summed E-state index contributed by atoms with van der Waals surface area (Å²) in [4.78, 5) is 4.57. The Balaban J connectivity index is 0.00000338. The largest absolute Gasteiger partial charge is 0.504 e. The zero-order chi connectivity index (χ0) is 18.1. The van der Waals surface area contributed by atoms with Crippen LogP contribution in [0.2, 0.25) is 5.02 Å². The van der Waals surface area contributed by atoms with Crippen molar-refractivity contribution in [3.05, 3.63) is 58.6 Å². The Bertz CT molecular complexity index is 726. The third kappa shape index (κ3) is 6.92. The molecule has 0 aliphatic rings. The summed E-state index contributed by atoms with van der Waals surface area (Å²) in [7, 11) is 1.54. The molecule has 26 heavy (non-hydrogen) atoms. The molecule has 0 bridgehead atoms. The quantitative estimate of drug-likeness (QED) is 0.313. The van der Waals surface area contributed by atoms with Gasteiger partial charge in [-0.05, 0) is 42.7 Å². The molecule has 0 spiro atoms. The highest BCUT2D eigenvalue weighted by Crippen LogP contribution is 2.26. The maximum atomic E-state index is 9.64. The van der Waals surface area contributed by atoms with Gasteiger partial charge >= 0.3 is 0 Å². The summed E-state index contributed by atoms with van der Waals surface area (Å²) >= 11 is 6.17. The van der Waals surface area contributed by atoms with Crippen LogP contribution in [-0.2, 0) is 13.0 Å². The minimum Gasteiger partial charge on any atom is -0.504 e. The lowest BCUT2D eigenvalue weighted by molar-refractivity contribution is 0.373. The number of aliphatic imine (C=N–C) groups is 1. The van der Waals surface area contributed by atoms with E-state index in [0.717, 1.165) is 35.1 Å². The molecule has 0 aromatic heterocycles. The Hall–Kier alpha value is -1.67. The van der Waals surface area contributed by atoms with Gasteiger partial charge in [-0.15, -0.1) is 24.0 Å². The van der Waals surface area contributed by atoms with Gasteiger partial charge in [0.05, 0.1) is 13.7 Å². The molecule has 0 saturated heterocycles. The number of nitrogens with zero attached hydrogens (tertiary/aromatic N) is 1. The topological polar surface area (TPSA) is 65.9 Å². The van der Waals surface area contributed by atoms with Crippen molar-refractivity contribution in [2.24, 2.45) is 4.99 Å². The number of ether oxygens (including phenoxy) is 1. The van der Waals surface area contributed by atoms with Gasteiger partial charge in [-0.1, -0.05) is 35.9 Å². The Morgan fingerprint density at radius 1 is 1.19 bits per heavy atom. The standard InChI is InChI=1S/C19H24ClN3O2.HI/c1-3-21-19(23-13-15-6-4-5-7-16(15)20)22-11-10-14-8-9-17(24)18(12-14)25-2;/h4-9,12,24H,3,10-11,13H2,1-2H3,(H2,21,22,23);1H. The average molecular weight is 490 g/mol. The van der Waals surface area contributed by atoms with E-state index in [1.165, 1.54) is 0 Å². The number of hydrogen-bond acceptors (Lipinski definition) is 3. The molecule has 0 aliphatic carbocycles. The average Bonchev–Trinajstić information content (AvgIpc) is 2.62. The van der Waals surface area contributed by atoms with Crippen LogP contribution in [0.1, 0.15) is 18.1 Å². The number of methoxy groups -OCH3 is 1. The van der Waals surface area contributed by atoms with Crippen LogP contribution in [0, 0.1) is 0 Å². The predicted octanol–water partition coefficient (Wildman–Crippen LogP) is 3.97. The fraction of sp³-hybridized carbons (Fsp3) is 0.316. The van der Waals surface area contributed by atoms with Gasteiger partial charge < -0.3 is 20.5 Å². The van der Waals surface area contributed by atoms with Gasteiger partial charge in [0.15, 0.2) is 17.5 Å². The lowest BCUT2D eigenvalue weighted by Crippen LogP contribution is -2.38. The number of aromatic hydroxyl groups is 1. The van der Waals surface area contributed by atoms with Crippen molar-refractivity contribution in [3.8, 4) is 11.5 Å². The van der Waals surface area contributed by atoms with Crippen LogP contribution in [0.15, 0.2) is 47.5 Å². The van der Waals surface area contributed by atoms with Crippen LogP contribution in [0.25, 0.3) is 0 Å². The van der Waals surface area contributed by atoms with E-state index in [1.54, 1.807) is 13.2 Å². The van der Waals surface area contributed by atoms with Gasteiger partial charge in [0.1, 0.15) is 0 Å². The molecular formula is C19H25ClIN3O2. The van der Waals surface area contributed by atoms with Crippen LogP contribution in [0.3, 0.4) is 0 Å². The molecule has 2 rings (SSSR count). The lowest BCUT2D eigenvalue weighted by atomic mass is 10.1. The van der Waals surface area contributed by atoms with Crippen LogP contribution in [-0.4, -0.2) is 31.3 Å². The molecule has 0 atom stereocenters. The molecule has 0 heterocycles. The molecular weight excluding hydrogens is 465 g/mol. The first kappa shape index (κ1) is 22.4. The number of phenolic OH excluding ortho intramolecular Hbond substituents is 1. The van der Waals surface area contributed by atoms with E-state index in [-0.39, 0.29) is 29.7 Å². The van der Waals surface area contributed by atoms with Crippen LogP contribution >= 0.6 is 35.6 Å². The van der Waals surface area contributed by atoms with Gasteiger partial charge in [0, 0.05) is 18.1 Å². The van der Waals surface area contributed by atoms with Crippen molar-refractivity contribution < 1.29 is 9.84 Å². The maximum Gasteiger partial charge on any atom is 0.191 e. The van der Waals surface area contributed by atoms with Crippen molar-refractivity contribution in [2.45, 2.75) is 19.9 Å². The van der Waals surface area contributed by atoms with Gasteiger partial charge in [-0.3, -0.25) is 0 Å². The van der Waals surface area contributed by atoms with E-state index in [9.17, 15) is 5.11 Å². The SMILES string of the molecule is CCNC(=NCc1ccccc1Cl)NCCc1ccc(O)c(OC)c1.I. The number of hydrogen-bond donors (Lipinski definition) is 3. The molecule has 2 aromatic carbocycles. The predicted molar refractivity (Wildman–Crippen MR) is 118 cm³/mol. The van der Waals surface area contributed by atoms with E-state index in [1.807, 2.05) is 43.3 Å². The summed E-state index contributed by atoms with van der Waals surface area (Å²) in [5.74, 6) is 1.37. The van der Waals surface area contributed by atoms with Crippen molar-refractivity contribution in [2.75, 3.05) is 20.2 Å². The summed E-state index contributed by atoms with van der Waals surface area (Å²) in [6.45, 7) is 4.03. The third-order valence-corrected chi connectivity index (χ3v) is 4.03. The first-order valence-corrected chi connectivity index (χ1v) is 8.63. The molecule has 0 amide bonds. The van der Waals surface area contributed by atoms with Crippen molar-refractivity contribution >= 4 is 41.5 Å². The minimum atomic E-state index is 0. The fourth-order valence-electron chi connectivity index (χ4n) is 2.34. The highest BCUT2D eigenvalue weighted by molar-refractivity contribution is 14.0. The van der Waals surface area contributed by atoms with E-state index >= 15 is 0 Å². The zero-order valence-corrected chi connectivity index (χ0v) is 18.0. The van der Waals surface area contributed by atoms with Crippen molar-refractivity contribution in [1.82, 2.24) is 10.6 Å². The summed E-state index contributed by atoms with van der Waals surface area (Å²) in [6, 6.07) is 13.1. The smallest absolute Gasteiger partial charge is 0.191 e. The molecule has 7 heteroatoms. The van der Waals surface area contributed by atoms with Crippen molar-refractivity contribution in [3.63, 3.8) is 0 Å². The highest BCUT2D eigenvalue weighted by Gasteiger charge is 2.04. The molecule has 0 saturated carbocycles. The Morgan fingerprint density at radius 2 is 1.96 bits per heavy atom. The number of rotatable bonds is 7. The summed E-state index contributed by atoms with van der Waals surface area (Å²) in [6.07, 6.45) is 0.785. The second-order valence-corrected chi connectivity index (χ2v) is 5.88. The maximum absolute atomic E-state index is 9.64. The van der Waals surface area contributed by atoms with E-state index in [4.69, 9.17) is 16.3 Å². The number of nitrogens with one attached hydrogen (secondary N) is 2. The number of phenols is 1. The zero-order valence-electron chi connectivity index (χ0n) is 15.0. The minimum absolute atomic E-state index is 0. The Kier molecular flexibility index (Phi) is 10.2. The molecule has 2 aromatic rings. The van der Waals surface area contributed by atoms with Gasteiger partial charge in [-0.25, -0.2) is 4.99 Å². The Morgan fingerprint density at radius 3 is 2.65 bits per heavy atom. The van der Waals surface area contributed by atoms with Gasteiger partial charge in [0.25, 0.3) is 0 Å². The fourth-order valence-corrected chi connectivity index (χ4v) is 2.53. The van der Waals surface area contributed by atoms with E-state index in [0.29, 0.717) is 18.8 Å².